The van der Waals surface area contributed by atoms with Crippen molar-refractivity contribution in [2.45, 2.75) is 4.90 Å². The van der Waals surface area contributed by atoms with Gasteiger partial charge in [-0.25, -0.2) is 13.1 Å². The minimum absolute atomic E-state index is 0.0220. The summed E-state index contributed by atoms with van der Waals surface area (Å²) in [6.45, 7) is 0.112. The number of benzene rings is 2. The van der Waals surface area contributed by atoms with Crippen molar-refractivity contribution in [3.8, 4) is 11.5 Å². The molecular weight excluding hydrogens is 380 g/mol. The van der Waals surface area contributed by atoms with Crippen LogP contribution in [-0.4, -0.2) is 41.6 Å². The van der Waals surface area contributed by atoms with Crippen LogP contribution in [0.2, 0.25) is 5.02 Å². The van der Waals surface area contributed by atoms with Gasteiger partial charge in [0, 0.05) is 18.1 Å². The highest BCUT2D eigenvalue weighted by atomic mass is 35.5. The third-order valence-corrected chi connectivity index (χ3v) is 5.21. The Morgan fingerprint density at radius 3 is 2.12 bits per heavy atom. The highest BCUT2D eigenvalue weighted by Gasteiger charge is 2.18. The van der Waals surface area contributed by atoms with E-state index in [9.17, 15) is 13.2 Å². The summed E-state index contributed by atoms with van der Waals surface area (Å²) >= 11 is 5.75. The molecular formula is C17H19ClN2O5S. The van der Waals surface area contributed by atoms with Gasteiger partial charge in [0.1, 0.15) is 17.1 Å². The normalized spacial score (nSPS) is 11.0. The summed E-state index contributed by atoms with van der Waals surface area (Å²) in [4.78, 5) is 12.5. The fraction of sp³-hybridized carbons (Fsp3) is 0.235. The van der Waals surface area contributed by atoms with E-state index in [-0.39, 0.29) is 23.5 Å². The highest BCUT2D eigenvalue weighted by Crippen LogP contribution is 2.27. The van der Waals surface area contributed by atoms with E-state index in [4.69, 9.17) is 21.1 Å². The predicted octanol–water partition coefficient (Wildman–Crippen LogP) is 2.07. The zero-order valence-corrected chi connectivity index (χ0v) is 15.9. The van der Waals surface area contributed by atoms with Gasteiger partial charge in [-0.1, -0.05) is 17.7 Å². The molecule has 0 aliphatic rings. The van der Waals surface area contributed by atoms with Gasteiger partial charge in [-0.05, 0) is 36.4 Å². The van der Waals surface area contributed by atoms with Crippen LogP contribution in [0.1, 0.15) is 10.4 Å². The Balaban J connectivity index is 1.96. The lowest BCUT2D eigenvalue weighted by Gasteiger charge is -2.13. The number of hydrogen-bond donors (Lipinski definition) is 2. The number of carbonyl (C=O) groups excluding carboxylic acids is 1. The molecule has 7 nitrogen and oxygen atoms in total. The second-order valence-electron chi connectivity index (χ2n) is 5.15. The first-order chi connectivity index (χ1) is 12.4. The second kappa shape index (κ2) is 8.88. The molecule has 0 unspecified atom stereocenters. The molecule has 26 heavy (non-hydrogen) atoms. The van der Waals surface area contributed by atoms with Crippen molar-refractivity contribution < 1.29 is 22.7 Å². The van der Waals surface area contributed by atoms with Crippen molar-refractivity contribution >= 4 is 27.5 Å². The quantitative estimate of drug-likeness (QED) is 0.664. The van der Waals surface area contributed by atoms with E-state index in [1.165, 1.54) is 38.5 Å². The lowest BCUT2D eigenvalue weighted by Crippen LogP contribution is -2.35. The van der Waals surface area contributed by atoms with Crippen LogP contribution in [0.4, 0.5) is 0 Å². The van der Waals surface area contributed by atoms with Crippen LogP contribution in [0.3, 0.4) is 0 Å². The van der Waals surface area contributed by atoms with Gasteiger partial charge in [0.15, 0.2) is 0 Å². The molecule has 0 bridgehead atoms. The van der Waals surface area contributed by atoms with E-state index in [0.717, 1.165) is 0 Å². The summed E-state index contributed by atoms with van der Waals surface area (Å²) in [7, 11) is -0.774. The van der Waals surface area contributed by atoms with Gasteiger partial charge in [-0.3, -0.25) is 4.79 Å². The minimum atomic E-state index is -3.67. The zero-order valence-electron chi connectivity index (χ0n) is 14.3. The van der Waals surface area contributed by atoms with Crippen LogP contribution in [0.25, 0.3) is 0 Å². The standard InChI is InChI=1S/C17H19ClN2O5S/c1-24-14-4-3-5-15(25-2)16(14)17(21)19-10-11-20-26(22,23)13-8-6-12(18)7-9-13/h3-9,20H,10-11H2,1-2H3,(H,19,21). The first-order valence-corrected chi connectivity index (χ1v) is 9.49. The van der Waals surface area contributed by atoms with E-state index in [1.807, 2.05) is 0 Å². The van der Waals surface area contributed by atoms with Gasteiger partial charge >= 0.3 is 0 Å². The molecule has 2 rings (SSSR count). The highest BCUT2D eigenvalue weighted by molar-refractivity contribution is 7.89. The Hall–Kier alpha value is -2.29. The first kappa shape index (κ1) is 20.0. The van der Waals surface area contributed by atoms with E-state index < -0.39 is 15.9 Å². The second-order valence-corrected chi connectivity index (χ2v) is 7.35. The average Bonchev–Trinajstić information content (AvgIpc) is 2.64. The summed E-state index contributed by atoms with van der Waals surface area (Å²) < 4.78 is 37.1. The van der Waals surface area contributed by atoms with Gasteiger partial charge in [0.2, 0.25) is 10.0 Å². The number of methoxy groups -OCH3 is 2. The molecule has 2 aromatic carbocycles. The van der Waals surface area contributed by atoms with Crippen molar-refractivity contribution in [1.82, 2.24) is 10.0 Å². The van der Waals surface area contributed by atoms with Crippen molar-refractivity contribution in [3.05, 3.63) is 53.1 Å². The first-order valence-electron chi connectivity index (χ1n) is 7.63. The number of amides is 1. The Labute approximate surface area is 157 Å². The molecule has 0 aliphatic carbocycles. The summed E-state index contributed by atoms with van der Waals surface area (Å²) in [6, 6.07) is 10.8. The largest absolute Gasteiger partial charge is 0.496 e. The molecule has 0 spiro atoms. The smallest absolute Gasteiger partial charge is 0.258 e. The molecule has 2 N–H and O–H groups in total. The molecule has 0 saturated heterocycles. The van der Waals surface area contributed by atoms with Crippen LogP contribution in [-0.2, 0) is 10.0 Å². The molecule has 1 amide bonds. The van der Waals surface area contributed by atoms with Crippen molar-refractivity contribution in [2.24, 2.45) is 0 Å². The molecule has 2 aromatic rings. The van der Waals surface area contributed by atoms with Gasteiger partial charge in [0.25, 0.3) is 5.91 Å². The van der Waals surface area contributed by atoms with Crippen LogP contribution in [0.15, 0.2) is 47.4 Å². The molecule has 9 heteroatoms. The van der Waals surface area contributed by atoms with Crippen LogP contribution in [0, 0.1) is 0 Å². The van der Waals surface area contributed by atoms with Gasteiger partial charge in [-0.15, -0.1) is 0 Å². The van der Waals surface area contributed by atoms with Crippen LogP contribution < -0.4 is 19.5 Å². The zero-order chi connectivity index (χ0) is 19.2. The summed E-state index contributed by atoms with van der Waals surface area (Å²) in [5, 5.41) is 3.08. The van der Waals surface area contributed by atoms with Crippen LogP contribution in [0.5, 0.6) is 11.5 Å². The molecule has 0 radical (unpaired) electrons. The molecule has 0 heterocycles. The maximum atomic E-state index is 12.4. The van der Waals surface area contributed by atoms with E-state index >= 15 is 0 Å². The summed E-state index contributed by atoms with van der Waals surface area (Å²) in [6.07, 6.45) is 0. The van der Waals surface area contributed by atoms with E-state index in [1.54, 1.807) is 18.2 Å². The maximum absolute atomic E-state index is 12.4. The minimum Gasteiger partial charge on any atom is -0.496 e. The molecule has 140 valence electrons. The Kier molecular flexibility index (Phi) is 6.84. The van der Waals surface area contributed by atoms with Crippen molar-refractivity contribution in [2.75, 3.05) is 27.3 Å². The molecule has 0 aromatic heterocycles. The average molecular weight is 399 g/mol. The summed E-state index contributed by atoms with van der Waals surface area (Å²) in [5.41, 5.74) is 0.248. The molecule has 0 aliphatic heterocycles. The van der Waals surface area contributed by atoms with E-state index in [2.05, 4.69) is 10.0 Å². The monoisotopic (exact) mass is 398 g/mol. The Bertz CT molecular complexity index is 847. The van der Waals surface area contributed by atoms with Crippen molar-refractivity contribution in [1.29, 1.82) is 0 Å². The number of sulfonamides is 1. The lowest BCUT2D eigenvalue weighted by atomic mass is 10.1. The number of carbonyl (C=O) groups is 1. The van der Waals surface area contributed by atoms with Gasteiger partial charge in [-0.2, -0.15) is 0 Å². The Morgan fingerprint density at radius 2 is 1.58 bits per heavy atom. The number of hydrogen-bond acceptors (Lipinski definition) is 5. The molecule has 0 fully saturated rings. The predicted molar refractivity (Wildman–Crippen MR) is 98.5 cm³/mol. The van der Waals surface area contributed by atoms with Gasteiger partial charge in [0.05, 0.1) is 19.1 Å². The molecule has 0 atom stereocenters. The van der Waals surface area contributed by atoms with E-state index in [0.29, 0.717) is 16.5 Å². The van der Waals surface area contributed by atoms with Gasteiger partial charge < -0.3 is 14.8 Å². The maximum Gasteiger partial charge on any atom is 0.258 e. The molecule has 0 saturated carbocycles. The van der Waals surface area contributed by atoms with Crippen LogP contribution >= 0.6 is 11.6 Å². The number of nitrogens with one attached hydrogen (secondary N) is 2. The SMILES string of the molecule is COc1cccc(OC)c1C(=O)NCCNS(=O)(=O)c1ccc(Cl)cc1. The number of ether oxygens (including phenoxy) is 2. The number of halogens is 1. The third-order valence-electron chi connectivity index (χ3n) is 3.48. The van der Waals surface area contributed by atoms with Crippen molar-refractivity contribution in [3.63, 3.8) is 0 Å². The Morgan fingerprint density at radius 1 is 1.00 bits per heavy atom. The fourth-order valence-corrected chi connectivity index (χ4v) is 3.38. The fourth-order valence-electron chi connectivity index (χ4n) is 2.22. The lowest BCUT2D eigenvalue weighted by molar-refractivity contribution is 0.0948. The summed E-state index contributed by atoms with van der Waals surface area (Å²) in [5.74, 6) is 0.303. The topological polar surface area (TPSA) is 93.7 Å². The number of rotatable bonds is 8. The third kappa shape index (κ3) is 4.87.